The van der Waals surface area contributed by atoms with Gasteiger partial charge in [-0.3, -0.25) is 14.2 Å². The molecule has 1 heterocycles. The molecule has 1 aliphatic rings. The second-order valence-electron chi connectivity index (χ2n) is 6.98. The number of carbonyl (C=O) groups is 1. The van der Waals surface area contributed by atoms with E-state index in [1.165, 1.54) is 4.57 Å². The minimum absolute atomic E-state index is 0.0168. The van der Waals surface area contributed by atoms with E-state index in [9.17, 15) is 9.59 Å². The zero-order chi connectivity index (χ0) is 19.1. The number of nitrogens with zero attached hydrogens (tertiary/aromatic N) is 1. The second kappa shape index (κ2) is 6.96. The molecule has 0 aliphatic heterocycles. The van der Waals surface area contributed by atoms with Crippen molar-refractivity contribution in [2.75, 3.05) is 7.11 Å². The fourth-order valence-corrected chi connectivity index (χ4v) is 4.36. The van der Waals surface area contributed by atoms with Crippen LogP contribution in [0.5, 0.6) is 0 Å². The zero-order valence-electron chi connectivity index (χ0n) is 15.6. The molecule has 1 aliphatic carbocycles. The Balaban J connectivity index is 1.88. The summed E-state index contributed by atoms with van der Waals surface area (Å²) >= 11 is 5.16. The van der Waals surface area contributed by atoms with Crippen LogP contribution in [-0.4, -0.2) is 34.7 Å². The van der Waals surface area contributed by atoms with E-state index in [4.69, 9.17) is 17.0 Å². The lowest BCUT2D eigenvalue weighted by Gasteiger charge is -2.55. The smallest absolute Gasteiger partial charge is 0.261 e. The maximum Gasteiger partial charge on any atom is 0.261 e. The molecule has 6 nitrogen and oxygen atoms in total. The third-order valence-corrected chi connectivity index (χ3v) is 6.43. The van der Waals surface area contributed by atoms with E-state index >= 15 is 0 Å². The molecule has 140 valence electrons. The standard InChI is InChI=1S/C19H25N3O3S/c1-5-19(6-2)14(10-15(19)25-4)21-16(23)11-7-8-12-13(9-11)20-18(26)22(3)17(12)24/h7-9,14-15H,5-6,10H2,1-4H3,(H,20,26)(H,21,23). The molecular formula is C19H25N3O3S. The number of ether oxygens (including phenoxy) is 1. The van der Waals surface area contributed by atoms with Crippen molar-refractivity contribution in [1.29, 1.82) is 0 Å². The van der Waals surface area contributed by atoms with Crippen LogP contribution in [-0.2, 0) is 11.8 Å². The van der Waals surface area contributed by atoms with Crippen LogP contribution in [0, 0.1) is 10.2 Å². The summed E-state index contributed by atoms with van der Waals surface area (Å²) in [6, 6.07) is 5.13. The average molecular weight is 375 g/mol. The summed E-state index contributed by atoms with van der Waals surface area (Å²) in [5, 5.41) is 3.66. The predicted octanol–water partition coefficient (Wildman–Crippen LogP) is 2.92. The van der Waals surface area contributed by atoms with Gasteiger partial charge in [-0.2, -0.15) is 0 Å². The molecule has 0 saturated heterocycles. The minimum Gasteiger partial charge on any atom is -0.381 e. The van der Waals surface area contributed by atoms with Gasteiger partial charge in [-0.15, -0.1) is 0 Å². The van der Waals surface area contributed by atoms with Gasteiger partial charge in [-0.1, -0.05) is 13.8 Å². The van der Waals surface area contributed by atoms with Crippen LogP contribution in [0.25, 0.3) is 10.9 Å². The first-order valence-corrected chi connectivity index (χ1v) is 9.35. The number of H-pyrrole nitrogens is 1. The van der Waals surface area contributed by atoms with Gasteiger partial charge in [0.1, 0.15) is 0 Å². The highest BCUT2D eigenvalue weighted by atomic mass is 32.1. The highest BCUT2D eigenvalue weighted by molar-refractivity contribution is 7.71. The molecule has 2 unspecified atom stereocenters. The van der Waals surface area contributed by atoms with Crippen LogP contribution >= 0.6 is 12.2 Å². The summed E-state index contributed by atoms with van der Waals surface area (Å²) in [4.78, 5) is 28.0. The van der Waals surface area contributed by atoms with Crippen molar-refractivity contribution >= 4 is 29.0 Å². The van der Waals surface area contributed by atoms with Crippen LogP contribution in [0.4, 0.5) is 0 Å². The van der Waals surface area contributed by atoms with E-state index in [0.717, 1.165) is 19.3 Å². The Labute approximate surface area is 157 Å². The summed E-state index contributed by atoms with van der Waals surface area (Å²) in [6.45, 7) is 4.28. The first kappa shape index (κ1) is 18.8. The SMILES string of the molecule is CCC1(CC)C(NC(=O)c2ccc3c(=O)n(C)c(=S)[nH]c3c2)CC1OC. The van der Waals surface area contributed by atoms with E-state index in [0.29, 0.717) is 21.2 Å². The van der Waals surface area contributed by atoms with Gasteiger partial charge >= 0.3 is 0 Å². The first-order valence-electron chi connectivity index (χ1n) is 8.94. The summed E-state index contributed by atoms with van der Waals surface area (Å²) in [5.74, 6) is -0.141. The molecule has 2 aromatic rings. The van der Waals surface area contributed by atoms with Gasteiger partial charge in [0.2, 0.25) is 0 Å². The van der Waals surface area contributed by atoms with Crippen LogP contribution in [0.1, 0.15) is 43.5 Å². The molecule has 0 bridgehead atoms. The number of nitrogens with one attached hydrogen (secondary N) is 2. The normalized spacial score (nSPS) is 21.4. The summed E-state index contributed by atoms with van der Waals surface area (Å²) < 4.78 is 7.31. The Morgan fingerprint density at radius 1 is 1.42 bits per heavy atom. The lowest BCUT2D eigenvalue weighted by molar-refractivity contribution is -0.120. The quantitative estimate of drug-likeness (QED) is 0.788. The molecule has 26 heavy (non-hydrogen) atoms. The van der Waals surface area contributed by atoms with Gasteiger partial charge in [0, 0.05) is 31.2 Å². The van der Waals surface area contributed by atoms with Crippen molar-refractivity contribution in [2.45, 2.75) is 45.3 Å². The molecular weight excluding hydrogens is 350 g/mol. The van der Waals surface area contributed by atoms with Crippen molar-refractivity contribution in [2.24, 2.45) is 12.5 Å². The van der Waals surface area contributed by atoms with E-state index in [1.807, 2.05) is 0 Å². The summed E-state index contributed by atoms with van der Waals surface area (Å²) in [6.07, 6.45) is 2.90. The number of hydrogen-bond donors (Lipinski definition) is 2. The predicted molar refractivity (Wildman–Crippen MR) is 104 cm³/mol. The van der Waals surface area contributed by atoms with Gasteiger partial charge in [0.15, 0.2) is 4.77 Å². The van der Waals surface area contributed by atoms with E-state index in [1.54, 1.807) is 32.4 Å². The van der Waals surface area contributed by atoms with Crippen molar-refractivity contribution < 1.29 is 9.53 Å². The number of benzene rings is 1. The number of rotatable bonds is 5. The van der Waals surface area contributed by atoms with Gasteiger partial charge < -0.3 is 15.0 Å². The molecule has 3 rings (SSSR count). The number of amides is 1. The van der Waals surface area contributed by atoms with Gasteiger partial charge in [0.05, 0.1) is 17.0 Å². The van der Waals surface area contributed by atoms with Crippen LogP contribution in [0.3, 0.4) is 0 Å². The zero-order valence-corrected chi connectivity index (χ0v) is 16.4. The Hall–Kier alpha value is -1.99. The summed E-state index contributed by atoms with van der Waals surface area (Å²) in [7, 11) is 3.36. The van der Waals surface area contributed by atoms with Crippen molar-refractivity contribution in [3.8, 4) is 0 Å². The van der Waals surface area contributed by atoms with E-state index in [-0.39, 0.29) is 29.0 Å². The van der Waals surface area contributed by atoms with Gasteiger partial charge in [-0.25, -0.2) is 0 Å². The number of aromatic nitrogens is 2. The largest absolute Gasteiger partial charge is 0.381 e. The number of aromatic amines is 1. The highest BCUT2D eigenvalue weighted by Gasteiger charge is 2.53. The molecule has 7 heteroatoms. The Bertz CT molecular complexity index is 959. The molecule has 0 radical (unpaired) electrons. The fraction of sp³-hybridized carbons (Fsp3) is 0.526. The average Bonchev–Trinajstić information content (AvgIpc) is 2.63. The summed E-state index contributed by atoms with van der Waals surface area (Å²) in [5.41, 5.74) is 0.898. The van der Waals surface area contributed by atoms with Gasteiger partial charge in [0.25, 0.3) is 11.5 Å². The molecule has 1 fully saturated rings. The van der Waals surface area contributed by atoms with Crippen molar-refractivity contribution in [3.05, 3.63) is 38.9 Å². The van der Waals surface area contributed by atoms with Crippen molar-refractivity contribution in [1.82, 2.24) is 14.9 Å². The van der Waals surface area contributed by atoms with Crippen LogP contribution in [0.2, 0.25) is 0 Å². The number of hydrogen-bond acceptors (Lipinski definition) is 4. The molecule has 2 N–H and O–H groups in total. The lowest BCUT2D eigenvalue weighted by atomic mass is 9.58. The molecule has 0 spiro atoms. The van der Waals surface area contributed by atoms with Gasteiger partial charge in [-0.05, 0) is 49.7 Å². The molecule has 1 aromatic carbocycles. The number of methoxy groups -OCH3 is 1. The van der Waals surface area contributed by atoms with Crippen molar-refractivity contribution in [3.63, 3.8) is 0 Å². The van der Waals surface area contributed by atoms with E-state index in [2.05, 4.69) is 24.1 Å². The lowest BCUT2D eigenvalue weighted by Crippen LogP contribution is -2.64. The van der Waals surface area contributed by atoms with Crippen LogP contribution < -0.4 is 10.9 Å². The number of carbonyl (C=O) groups excluding carboxylic acids is 1. The Morgan fingerprint density at radius 2 is 2.12 bits per heavy atom. The molecule has 1 amide bonds. The minimum atomic E-state index is -0.173. The fourth-order valence-electron chi connectivity index (χ4n) is 4.17. The van der Waals surface area contributed by atoms with Crippen LogP contribution in [0.15, 0.2) is 23.0 Å². The molecule has 1 aromatic heterocycles. The third-order valence-electron chi connectivity index (χ3n) is 6.05. The Morgan fingerprint density at radius 3 is 2.73 bits per heavy atom. The maximum atomic E-state index is 12.8. The number of fused-ring (bicyclic) bond motifs is 1. The first-order chi connectivity index (χ1) is 12.4. The monoisotopic (exact) mass is 375 g/mol. The second-order valence-corrected chi connectivity index (χ2v) is 7.37. The maximum absolute atomic E-state index is 12.8. The topological polar surface area (TPSA) is 76.1 Å². The molecule has 2 atom stereocenters. The molecule has 1 saturated carbocycles. The van der Waals surface area contributed by atoms with E-state index < -0.39 is 0 Å². The Kier molecular flexibility index (Phi) is 5.03. The highest BCUT2D eigenvalue weighted by Crippen LogP contribution is 2.48. The third kappa shape index (κ3) is 2.79.